The number of piperazine rings is 1. The van der Waals surface area contributed by atoms with Crippen LogP contribution in [0.4, 0.5) is 0 Å². The molecule has 0 saturated carbocycles. The third-order valence-corrected chi connectivity index (χ3v) is 5.50. The fraction of sp³-hybridized carbons (Fsp3) is 0.857. The van der Waals surface area contributed by atoms with Gasteiger partial charge in [0.1, 0.15) is 6.04 Å². The first-order valence-corrected chi connectivity index (χ1v) is 9.48. The molecular formula is C14H25N3O4S. The minimum atomic E-state index is -3.43. The Bertz CT molecular complexity index is 560. The van der Waals surface area contributed by atoms with E-state index in [1.54, 1.807) is 4.90 Å². The van der Waals surface area contributed by atoms with Crippen molar-refractivity contribution < 1.29 is 18.0 Å². The quantitative estimate of drug-likeness (QED) is 0.772. The van der Waals surface area contributed by atoms with Gasteiger partial charge >= 0.3 is 0 Å². The molecule has 2 saturated heterocycles. The Morgan fingerprint density at radius 2 is 2.00 bits per heavy atom. The minimum absolute atomic E-state index is 0.0920. The zero-order valence-electron chi connectivity index (χ0n) is 13.6. The van der Waals surface area contributed by atoms with Gasteiger partial charge in [-0.2, -0.15) is 4.31 Å². The first-order valence-electron chi connectivity index (χ1n) is 7.64. The Labute approximate surface area is 132 Å². The first-order chi connectivity index (χ1) is 10.1. The van der Waals surface area contributed by atoms with Crippen molar-refractivity contribution >= 4 is 21.8 Å². The summed E-state index contributed by atoms with van der Waals surface area (Å²) >= 11 is 0. The Morgan fingerprint density at radius 3 is 2.50 bits per heavy atom. The van der Waals surface area contributed by atoms with Crippen molar-refractivity contribution in [1.82, 2.24) is 14.5 Å². The molecule has 2 aliphatic heterocycles. The molecule has 0 aliphatic carbocycles. The molecule has 0 aromatic heterocycles. The van der Waals surface area contributed by atoms with Crippen molar-refractivity contribution in [2.45, 2.75) is 51.7 Å². The van der Waals surface area contributed by atoms with E-state index >= 15 is 0 Å². The molecular weight excluding hydrogens is 306 g/mol. The highest BCUT2D eigenvalue weighted by atomic mass is 32.2. The Kier molecular flexibility index (Phi) is 4.81. The monoisotopic (exact) mass is 331 g/mol. The second-order valence-corrected chi connectivity index (χ2v) is 8.69. The SMILES string of the molecule is CC(=O)N[C@H]1C[C@H]2CN(S(C)(=O)=O)[C@@H](CC(C)C)C(=O)N2C1. The van der Waals surface area contributed by atoms with Gasteiger partial charge in [0.05, 0.1) is 6.26 Å². The van der Waals surface area contributed by atoms with E-state index in [4.69, 9.17) is 0 Å². The highest BCUT2D eigenvalue weighted by Crippen LogP contribution is 2.30. The maximum atomic E-state index is 12.7. The first kappa shape index (κ1) is 17.2. The molecule has 2 aliphatic rings. The van der Waals surface area contributed by atoms with Crippen LogP contribution in [0.2, 0.25) is 0 Å². The number of hydrogen-bond donors (Lipinski definition) is 1. The van der Waals surface area contributed by atoms with Gasteiger partial charge in [-0.3, -0.25) is 9.59 Å². The summed E-state index contributed by atoms with van der Waals surface area (Å²) in [5.41, 5.74) is 0. The fourth-order valence-corrected chi connectivity index (χ4v) is 4.51. The van der Waals surface area contributed by atoms with Crippen molar-refractivity contribution in [3.63, 3.8) is 0 Å². The Morgan fingerprint density at radius 1 is 1.36 bits per heavy atom. The molecule has 0 bridgehead atoms. The van der Waals surface area contributed by atoms with Gasteiger partial charge in [-0.1, -0.05) is 13.8 Å². The van der Waals surface area contributed by atoms with Gasteiger partial charge in [0.2, 0.25) is 21.8 Å². The van der Waals surface area contributed by atoms with Gasteiger partial charge in [-0.15, -0.1) is 0 Å². The van der Waals surface area contributed by atoms with E-state index in [0.29, 0.717) is 25.9 Å². The van der Waals surface area contributed by atoms with E-state index in [1.807, 2.05) is 13.8 Å². The number of amides is 2. The van der Waals surface area contributed by atoms with Crippen LogP contribution in [0.25, 0.3) is 0 Å². The van der Waals surface area contributed by atoms with Crippen molar-refractivity contribution in [3.05, 3.63) is 0 Å². The zero-order valence-corrected chi connectivity index (χ0v) is 14.4. The summed E-state index contributed by atoms with van der Waals surface area (Å²) in [5.74, 6) is -0.0392. The predicted molar refractivity (Wildman–Crippen MR) is 82.5 cm³/mol. The summed E-state index contributed by atoms with van der Waals surface area (Å²) in [6.07, 6.45) is 2.27. The smallest absolute Gasteiger partial charge is 0.241 e. The second-order valence-electron chi connectivity index (χ2n) is 6.76. The average molecular weight is 331 g/mol. The van der Waals surface area contributed by atoms with Crippen LogP contribution in [0.5, 0.6) is 0 Å². The zero-order chi connectivity index (χ0) is 16.7. The number of rotatable bonds is 4. The van der Waals surface area contributed by atoms with E-state index in [-0.39, 0.29) is 29.8 Å². The van der Waals surface area contributed by atoms with Crippen LogP contribution in [0, 0.1) is 5.92 Å². The predicted octanol–water partition coefficient (Wildman–Crippen LogP) is -0.218. The molecule has 2 heterocycles. The number of hydrogen-bond acceptors (Lipinski definition) is 4. The van der Waals surface area contributed by atoms with Crippen molar-refractivity contribution in [3.8, 4) is 0 Å². The van der Waals surface area contributed by atoms with E-state index in [2.05, 4.69) is 5.32 Å². The molecule has 0 aromatic rings. The largest absolute Gasteiger partial charge is 0.352 e. The van der Waals surface area contributed by atoms with Gasteiger partial charge < -0.3 is 10.2 Å². The lowest BCUT2D eigenvalue weighted by atomic mass is 9.99. The van der Waals surface area contributed by atoms with Gasteiger partial charge in [0, 0.05) is 32.1 Å². The molecule has 2 rings (SSSR count). The lowest BCUT2D eigenvalue weighted by Crippen LogP contribution is -2.61. The highest BCUT2D eigenvalue weighted by molar-refractivity contribution is 7.88. The maximum Gasteiger partial charge on any atom is 0.241 e. The Hall–Kier alpha value is -1.15. The molecule has 2 fully saturated rings. The summed E-state index contributed by atoms with van der Waals surface area (Å²) in [4.78, 5) is 25.7. The van der Waals surface area contributed by atoms with Crippen LogP contribution in [0.3, 0.4) is 0 Å². The van der Waals surface area contributed by atoms with E-state index in [0.717, 1.165) is 6.26 Å². The molecule has 126 valence electrons. The van der Waals surface area contributed by atoms with Gasteiger partial charge in [-0.25, -0.2) is 8.42 Å². The molecule has 0 spiro atoms. The third-order valence-electron chi connectivity index (χ3n) is 4.25. The lowest BCUT2D eigenvalue weighted by Gasteiger charge is -2.41. The molecule has 22 heavy (non-hydrogen) atoms. The highest BCUT2D eigenvalue weighted by Gasteiger charge is 2.48. The molecule has 2 amide bonds. The Balaban J connectivity index is 2.22. The van der Waals surface area contributed by atoms with Crippen LogP contribution < -0.4 is 5.32 Å². The molecule has 0 unspecified atom stereocenters. The third kappa shape index (κ3) is 3.60. The number of nitrogens with one attached hydrogen (secondary N) is 1. The summed E-state index contributed by atoms with van der Waals surface area (Å²) < 4.78 is 25.5. The summed E-state index contributed by atoms with van der Waals surface area (Å²) in [5, 5.41) is 2.83. The van der Waals surface area contributed by atoms with Gasteiger partial charge in [0.15, 0.2) is 0 Å². The fourth-order valence-electron chi connectivity index (χ4n) is 3.43. The van der Waals surface area contributed by atoms with Gasteiger partial charge in [-0.05, 0) is 18.8 Å². The standard InChI is InChI=1S/C14H25N3O4S/c1-9(2)5-13-14(19)16-7-11(15-10(3)18)6-12(16)8-17(13)22(4,20)21/h9,11-13H,5-8H2,1-4H3,(H,15,18)/t11-,12-,13-/m0/s1. The van der Waals surface area contributed by atoms with Crippen molar-refractivity contribution in [2.75, 3.05) is 19.3 Å². The normalized spacial score (nSPS) is 29.8. The van der Waals surface area contributed by atoms with Gasteiger partial charge in [0.25, 0.3) is 0 Å². The van der Waals surface area contributed by atoms with Crippen molar-refractivity contribution in [1.29, 1.82) is 0 Å². The molecule has 7 nitrogen and oxygen atoms in total. The maximum absolute atomic E-state index is 12.7. The summed E-state index contributed by atoms with van der Waals surface area (Å²) in [6.45, 7) is 6.19. The van der Waals surface area contributed by atoms with Crippen LogP contribution in [-0.2, 0) is 19.6 Å². The summed E-state index contributed by atoms with van der Waals surface area (Å²) in [6, 6.07) is -0.865. The molecule has 0 radical (unpaired) electrons. The topological polar surface area (TPSA) is 86.8 Å². The van der Waals surface area contributed by atoms with E-state index in [9.17, 15) is 18.0 Å². The second kappa shape index (κ2) is 6.16. The number of sulfonamides is 1. The number of fused-ring (bicyclic) bond motifs is 1. The number of carbonyl (C=O) groups excluding carboxylic acids is 2. The number of nitrogens with zero attached hydrogens (tertiary/aromatic N) is 2. The van der Waals surface area contributed by atoms with Crippen LogP contribution in [0.1, 0.15) is 33.6 Å². The number of carbonyl (C=O) groups is 2. The van der Waals surface area contributed by atoms with E-state index < -0.39 is 16.1 Å². The molecule has 0 aromatic carbocycles. The van der Waals surface area contributed by atoms with Crippen LogP contribution in [-0.4, -0.2) is 66.9 Å². The van der Waals surface area contributed by atoms with Crippen molar-refractivity contribution in [2.24, 2.45) is 5.92 Å². The molecule has 1 N–H and O–H groups in total. The minimum Gasteiger partial charge on any atom is -0.352 e. The van der Waals surface area contributed by atoms with Crippen LogP contribution in [0.15, 0.2) is 0 Å². The van der Waals surface area contributed by atoms with E-state index in [1.165, 1.54) is 11.2 Å². The molecule has 3 atom stereocenters. The van der Waals surface area contributed by atoms with Crippen LogP contribution >= 0.6 is 0 Å². The summed E-state index contributed by atoms with van der Waals surface area (Å²) in [7, 11) is -3.43. The lowest BCUT2D eigenvalue weighted by molar-refractivity contribution is -0.141. The average Bonchev–Trinajstić information content (AvgIpc) is 2.72. The molecule has 8 heteroatoms.